The standard InChI is InChI=1S/C14H27N3O/c15-14(18)3-1-2-8-17-9-6-12(7-10-17)11-16-13-4-5-13/h12-13,16H,1-11H2,(H2,15,18). The number of nitrogens with zero attached hydrogens (tertiary/aromatic N) is 1. The lowest BCUT2D eigenvalue weighted by molar-refractivity contribution is -0.118. The Bertz CT molecular complexity index is 258. The molecule has 0 spiro atoms. The molecule has 1 saturated carbocycles. The van der Waals surface area contributed by atoms with Gasteiger partial charge in [-0.15, -0.1) is 0 Å². The molecular weight excluding hydrogens is 226 g/mol. The van der Waals surface area contributed by atoms with E-state index in [1.54, 1.807) is 0 Å². The van der Waals surface area contributed by atoms with Gasteiger partial charge in [-0.05, 0) is 70.6 Å². The first-order chi connectivity index (χ1) is 8.74. The topological polar surface area (TPSA) is 58.4 Å². The summed E-state index contributed by atoms with van der Waals surface area (Å²) in [5.74, 6) is 0.715. The normalized spacial score (nSPS) is 22.2. The zero-order valence-corrected chi connectivity index (χ0v) is 11.4. The van der Waals surface area contributed by atoms with Crippen molar-refractivity contribution in [2.45, 2.75) is 51.0 Å². The molecule has 1 aliphatic heterocycles. The largest absolute Gasteiger partial charge is 0.370 e. The van der Waals surface area contributed by atoms with Crippen LogP contribution < -0.4 is 11.1 Å². The van der Waals surface area contributed by atoms with E-state index in [0.29, 0.717) is 6.42 Å². The van der Waals surface area contributed by atoms with Crippen LogP contribution in [0.15, 0.2) is 0 Å². The first-order valence-corrected chi connectivity index (χ1v) is 7.48. The van der Waals surface area contributed by atoms with Crippen LogP contribution in [-0.2, 0) is 4.79 Å². The van der Waals surface area contributed by atoms with Crippen molar-refractivity contribution in [1.29, 1.82) is 0 Å². The average molecular weight is 253 g/mol. The number of unbranched alkanes of at least 4 members (excludes halogenated alkanes) is 1. The third-order valence-corrected chi connectivity index (χ3v) is 4.13. The van der Waals surface area contributed by atoms with Crippen LogP contribution in [0.4, 0.5) is 0 Å². The summed E-state index contributed by atoms with van der Waals surface area (Å²) >= 11 is 0. The van der Waals surface area contributed by atoms with E-state index in [1.165, 1.54) is 45.3 Å². The predicted octanol–water partition coefficient (Wildman–Crippen LogP) is 1.11. The molecule has 2 rings (SSSR count). The maximum absolute atomic E-state index is 10.6. The van der Waals surface area contributed by atoms with Crippen molar-refractivity contribution in [2.24, 2.45) is 11.7 Å². The summed E-state index contributed by atoms with van der Waals surface area (Å²) in [4.78, 5) is 13.2. The van der Waals surface area contributed by atoms with Crippen molar-refractivity contribution in [3.05, 3.63) is 0 Å². The second-order valence-corrected chi connectivity index (χ2v) is 5.89. The number of amides is 1. The quantitative estimate of drug-likeness (QED) is 0.637. The Balaban J connectivity index is 1.48. The number of piperidine rings is 1. The minimum atomic E-state index is -0.167. The number of nitrogens with one attached hydrogen (secondary N) is 1. The van der Waals surface area contributed by atoms with Gasteiger partial charge in [-0.2, -0.15) is 0 Å². The zero-order valence-electron chi connectivity index (χ0n) is 11.4. The van der Waals surface area contributed by atoms with Gasteiger partial charge in [-0.3, -0.25) is 4.79 Å². The van der Waals surface area contributed by atoms with E-state index < -0.39 is 0 Å². The second kappa shape index (κ2) is 7.10. The smallest absolute Gasteiger partial charge is 0.217 e. The van der Waals surface area contributed by atoms with Gasteiger partial charge in [0.05, 0.1) is 0 Å². The van der Waals surface area contributed by atoms with E-state index in [2.05, 4.69) is 10.2 Å². The number of carbonyl (C=O) groups is 1. The molecule has 0 radical (unpaired) electrons. The Kier molecular flexibility index (Phi) is 5.45. The molecule has 1 saturated heterocycles. The lowest BCUT2D eigenvalue weighted by Gasteiger charge is -2.32. The van der Waals surface area contributed by atoms with Gasteiger partial charge < -0.3 is 16.0 Å². The molecule has 18 heavy (non-hydrogen) atoms. The highest BCUT2D eigenvalue weighted by molar-refractivity contribution is 5.73. The molecular formula is C14H27N3O. The maximum atomic E-state index is 10.6. The molecule has 0 aromatic heterocycles. The third-order valence-electron chi connectivity index (χ3n) is 4.13. The van der Waals surface area contributed by atoms with Gasteiger partial charge >= 0.3 is 0 Å². The zero-order chi connectivity index (χ0) is 12.8. The molecule has 0 aromatic rings. The molecule has 0 atom stereocenters. The molecule has 1 aliphatic carbocycles. The number of hydrogen-bond acceptors (Lipinski definition) is 3. The van der Waals surface area contributed by atoms with Crippen molar-refractivity contribution < 1.29 is 4.79 Å². The summed E-state index contributed by atoms with van der Waals surface area (Å²) in [6, 6.07) is 0.844. The lowest BCUT2D eigenvalue weighted by Crippen LogP contribution is -2.38. The molecule has 104 valence electrons. The summed E-state index contributed by atoms with van der Waals surface area (Å²) < 4.78 is 0. The molecule has 0 bridgehead atoms. The molecule has 0 aromatic carbocycles. The number of rotatable bonds is 8. The second-order valence-electron chi connectivity index (χ2n) is 5.89. The van der Waals surface area contributed by atoms with E-state index in [0.717, 1.165) is 31.3 Å². The fourth-order valence-electron chi connectivity index (χ4n) is 2.67. The number of primary amides is 1. The van der Waals surface area contributed by atoms with Crippen molar-refractivity contribution in [2.75, 3.05) is 26.2 Å². The summed E-state index contributed by atoms with van der Waals surface area (Å²) in [6.07, 6.45) is 8.02. The van der Waals surface area contributed by atoms with Crippen LogP contribution in [0, 0.1) is 5.92 Å². The summed E-state index contributed by atoms with van der Waals surface area (Å²) in [5, 5.41) is 3.64. The van der Waals surface area contributed by atoms with E-state index in [4.69, 9.17) is 5.73 Å². The Morgan fingerprint density at radius 1 is 1.17 bits per heavy atom. The van der Waals surface area contributed by atoms with Gasteiger partial charge in [0, 0.05) is 12.5 Å². The van der Waals surface area contributed by atoms with Crippen LogP contribution in [0.25, 0.3) is 0 Å². The Labute approximate surface area is 110 Å². The van der Waals surface area contributed by atoms with Crippen LogP contribution in [-0.4, -0.2) is 43.0 Å². The Morgan fingerprint density at radius 3 is 2.50 bits per heavy atom. The fourth-order valence-corrected chi connectivity index (χ4v) is 2.67. The van der Waals surface area contributed by atoms with Crippen molar-refractivity contribution in [1.82, 2.24) is 10.2 Å². The van der Waals surface area contributed by atoms with Gasteiger partial charge in [0.15, 0.2) is 0 Å². The lowest BCUT2D eigenvalue weighted by atomic mass is 9.96. The first-order valence-electron chi connectivity index (χ1n) is 7.48. The minimum absolute atomic E-state index is 0.167. The van der Waals surface area contributed by atoms with E-state index in [-0.39, 0.29) is 5.91 Å². The summed E-state index contributed by atoms with van der Waals surface area (Å²) in [5.41, 5.74) is 5.13. The van der Waals surface area contributed by atoms with Crippen molar-refractivity contribution in [3.63, 3.8) is 0 Å². The predicted molar refractivity (Wildman–Crippen MR) is 73.2 cm³/mol. The molecule has 0 unspecified atom stereocenters. The molecule has 1 amide bonds. The highest BCUT2D eigenvalue weighted by atomic mass is 16.1. The summed E-state index contributed by atoms with van der Waals surface area (Å²) in [7, 11) is 0. The van der Waals surface area contributed by atoms with Crippen LogP contribution in [0.2, 0.25) is 0 Å². The molecule has 4 heteroatoms. The van der Waals surface area contributed by atoms with Crippen molar-refractivity contribution in [3.8, 4) is 0 Å². The molecule has 2 aliphatic rings. The van der Waals surface area contributed by atoms with Gasteiger partial charge in [-0.25, -0.2) is 0 Å². The monoisotopic (exact) mass is 253 g/mol. The van der Waals surface area contributed by atoms with E-state index in [1.807, 2.05) is 0 Å². The van der Waals surface area contributed by atoms with E-state index in [9.17, 15) is 4.79 Å². The van der Waals surface area contributed by atoms with Crippen LogP contribution in [0.1, 0.15) is 44.9 Å². The highest BCUT2D eigenvalue weighted by Gasteiger charge is 2.24. The van der Waals surface area contributed by atoms with Gasteiger partial charge in [0.25, 0.3) is 0 Å². The number of carbonyl (C=O) groups excluding carboxylic acids is 1. The number of hydrogen-bond donors (Lipinski definition) is 2. The average Bonchev–Trinajstić information content (AvgIpc) is 3.17. The highest BCUT2D eigenvalue weighted by Crippen LogP contribution is 2.21. The molecule has 4 nitrogen and oxygen atoms in total. The first kappa shape index (κ1) is 13.8. The Morgan fingerprint density at radius 2 is 1.89 bits per heavy atom. The Hall–Kier alpha value is -0.610. The fraction of sp³-hybridized carbons (Fsp3) is 0.929. The molecule has 3 N–H and O–H groups in total. The van der Waals surface area contributed by atoms with Crippen molar-refractivity contribution >= 4 is 5.91 Å². The molecule has 1 heterocycles. The number of nitrogens with two attached hydrogens (primary N) is 1. The van der Waals surface area contributed by atoms with Crippen LogP contribution in [0.5, 0.6) is 0 Å². The third kappa shape index (κ3) is 5.36. The summed E-state index contributed by atoms with van der Waals surface area (Å²) in [6.45, 7) is 4.82. The number of likely N-dealkylation sites (tertiary alicyclic amines) is 1. The van der Waals surface area contributed by atoms with Gasteiger partial charge in [-0.1, -0.05) is 0 Å². The van der Waals surface area contributed by atoms with Crippen LogP contribution >= 0.6 is 0 Å². The van der Waals surface area contributed by atoms with Gasteiger partial charge in [0.2, 0.25) is 5.91 Å². The van der Waals surface area contributed by atoms with E-state index >= 15 is 0 Å². The SMILES string of the molecule is NC(=O)CCCCN1CCC(CNC2CC2)CC1. The molecule has 2 fully saturated rings. The van der Waals surface area contributed by atoms with Crippen LogP contribution in [0.3, 0.4) is 0 Å². The van der Waals surface area contributed by atoms with Gasteiger partial charge in [0.1, 0.15) is 0 Å². The minimum Gasteiger partial charge on any atom is -0.370 e. The maximum Gasteiger partial charge on any atom is 0.217 e.